The van der Waals surface area contributed by atoms with Crippen LogP contribution in [0.15, 0.2) is 36.4 Å². The smallest absolute Gasteiger partial charge is 0.269 e. The minimum Gasteiger partial charge on any atom is -0.354 e. The van der Waals surface area contributed by atoms with Gasteiger partial charge in [-0.15, -0.1) is 0 Å². The Morgan fingerprint density at radius 1 is 1.23 bits per heavy atom. The number of carbonyl (C=O) groups is 2. The summed E-state index contributed by atoms with van der Waals surface area (Å²) < 4.78 is 0. The van der Waals surface area contributed by atoms with Crippen molar-refractivity contribution < 1.29 is 9.59 Å². The number of nitrogens with zero attached hydrogens (tertiary/aromatic N) is 1. The molecule has 1 atom stereocenters. The van der Waals surface area contributed by atoms with Gasteiger partial charge < -0.3 is 10.6 Å². The second-order valence-electron chi connectivity index (χ2n) is 5.35. The summed E-state index contributed by atoms with van der Waals surface area (Å²) in [6.07, 6.45) is 2.53. The third-order valence-electron chi connectivity index (χ3n) is 3.73. The minimum atomic E-state index is -0.474. The quantitative estimate of drug-likeness (QED) is 0.802. The Morgan fingerprint density at radius 2 is 2.05 bits per heavy atom. The normalized spacial score (nSPS) is 18.4. The third-order valence-corrected chi connectivity index (χ3v) is 3.73. The van der Waals surface area contributed by atoms with Gasteiger partial charge >= 0.3 is 0 Å². The van der Waals surface area contributed by atoms with Gasteiger partial charge in [-0.3, -0.25) is 14.7 Å². The number of rotatable bonds is 3. The summed E-state index contributed by atoms with van der Waals surface area (Å²) in [7, 11) is 0. The monoisotopic (exact) mass is 298 g/mol. The highest BCUT2D eigenvalue weighted by Gasteiger charge is 2.23. The van der Waals surface area contributed by atoms with Crippen LogP contribution in [0.1, 0.15) is 29.8 Å². The standard InChI is InChI=1S/C16H18N4O2/c21-15-12(8-4-5-9-17-15)18-16(22)14-10-13(19-20-14)11-6-2-1-3-7-11/h1-3,6-7,10,12H,4-5,8-9H2,(H,17,21)(H,18,22)(H,19,20)/t12-/m0/s1. The van der Waals surface area contributed by atoms with E-state index in [0.717, 1.165) is 18.4 Å². The van der Waals surface area contributed by atoms with Crippen LogP contribution in [0.5, 0.6) is 0 Å². The van der Waals surface area contributed by atoms with Gasteiger partial charge in [0.2, 0.25) is 5.91 Å². The van der Waals surface area contributed by atoms with Crippen LogP contribution in [0.4, 0.5) is 0 Å². The molecular formula is C16H18N4O2. The highest BCUT2D eigenvalue weighted by atomic mass is 16.2. The van der Waals surface area contributed by atoms with E-state index in [-0.39, 0.29) is 11.8 Å². The highest BCUT2D eigenvalue weighted by Crippen LogP contribution is 2.17. The van der Waals surface area contributed by atoms with Crippen LogP contribution >= 0.6 is 0 Å². The van der Waals surface area contributed by atoms with E-state index in [1.54, 1.807) is 6.07 Å². The molecule has 1 aromatic carbocycles. The van der Waals surface area contributed by atoms with Crippen molar-refractivity contribution in [2.75, 3.05) is 6.54 Å². The molecule has 1 fully saturated rings. The van der Waals surface area contributed by atoms with Crippen molar-refractivity contribution in [1.82, 2.24) is 20.8 Å². The fourth-order valence-corrected chi connectivity index (χ4v) is 2.51. The van der Waals surface area contributed by atoms with Gasteiger partial charge in [0.25, 0.3) is 5.91 Å². The van der Waals surface area contributed by atoms with E-state index < -0.39 is 6.04 Å². The summed E-state index contributed by atoms with van der Waals surface area (Å²) in [5, 5.41) is 12.5. The average Bonchev–Trinajstić information content (AvgIpc) is 2.96. The molecule has 0 unspecified atom stereocenters. The summed E-state index contributed by atoms with van der Waals surface area (Å²) in [5.74, 6) is -0.426. The lowest BCUT2D eigenvalue weighted by atomic mass is 10.1. The van der Waals surface area contributed by atoms with Crippen molar-refractivity contribution in [3.8, 4) is 11.3 Å². The summed E-state index contributed by atoms with van der Waals surface area (Å²) in [6.45, 7) is 0.674. The van der Waals surface area contributed by atoms with E-state index in [1.807, 2.05) is 30.3 Å². The Morgan fingerprint density at radius 3 is 2.86 bits per heavy atom. The number of aromatic amines is 1. The van der Waals surface area contributed by atoms with Gasteiger partial charge in [-0.2, -0.15) is 5.10 Å². The Balaban J connectivity index is 1.70. The van der Waals surface area contributed by atoms with Crippen molar-refractivity contribution >= 4 is 11.8 Å². The SMILES string of the molecule is O=C(N[C@H]1CCCCNC1=O)c1cc(-c2ccccc2)n[nH]1. The van der Waals surface area contributed by atoms with E-state index in [1.165, 1.54) is 0 Å². The van der Waals surface area contributed by atoms with E-state index in [0.29, 0.717) is 24.4 Å². The van der Waals surface area contributed by atoms with Gasteiger partial charge in [0.1, 0.15) is 11.7 Å². The van der Waals surface area contributed by atoms with Crippen molar-refractivity contribution in [2.45, 2.75) is 25.3 Å². The van der Waals surface area contributed by atoms with Gasteiger partial charge in [-0.25, -0.2) is 0 Å². The molecule has 0 saturated carbocycles. The number of carbonyl (C=O) groups excluding carboxylic acids is 2. The molecule has 1 aliphatic heterocycles. The highest BCUT2D eigenvalue weighted by molar-refractivity contribution is 5.96. The first kappa shape index (κ1) is 14.3. The second-order valence-corrected chi connectivity index (χ2v) is 5.35. The number of aromatic nitrogens is 2. The van der Waals surface area contributed by atoms with Crippen LogP contribution < -0.4 is 10.6 Å². The van der Waals surface area contributed by atoms with Crippen molar-refractivity contribution in [2.24, 2.45) is 0 Å². The molecule has 114 valence electrons. The van der Waals surface area contributed by atoms with Crippen LogP contribution in [0, 0.1) is 0 Å². The van der Waals surface area contributed by atoms with Crippen LogP contribution in [0.25, 0.3) is 11.3 Å². The Labute approximate surface area is 128 Å². The number of hydrogen-bond acceptors (Lipinski definition) is 3. The molecule has 1 saturated heterocycles. The largest absolute Gasteiger partial charge is 0.354 e. The second kappa shape index (κ2) is 6.43. The first-order valence-electron chi connectivity index (χ1n) is 7.43. The van der Waals surface area contributed by atoms with Crippen molar-refractivity contribution in [1.29, 1.82) is 0 Å². The topological polar surface area (TPSA) is 86.9 Å². The third kappa shape index (κ3) is 3.16. The number of H-pyrrole nitrogens is 1. The molecule has 2 amide bonds. The molecule has 0 spiro atoms. The molecule has 3 N–H and O–H groups in total. The Hall–Kier alpha value is -2.63. The van der Waals surface area contributed by atoms with Crippen LogP contribution in [-0.2, 0) is 4.79 Å². The zero-order chi connectivity index (χ0) is 15.4. The predicted octanol–water partition coefficient (Wildman–Crippen LogP) is 1.48. The summed E-state index contributed by atoms with van der Waals surface area (Å²) in [5.41, 5.74) is 2.00. The lowest BCUT2D eigenvalue weighted by Gasteiger charge is -2.14. The molecule has 0 aliphatic carbocycles. The molecule has 6 nitrogen and oxygen atoms in total. The molecule has 1 aromatic heterocycles. The lowest BCUT2D eigenvalue weighted by molar-refractivity contribution is -0.122. The van der Waals surface area contributed by atoms with Gasteiger partial charge in [0, 0.05) is 12.1 Å². The number of nitrogens with one attached hydrogen (secondary N) is 3. The Kier molecular flexibility index (Phi) is 4.18. The maximum absolute atomic E-state index is 12.3. The van der Waals surface area contributed by atoms with Crippen LogP contribution in [-0.4, -0.2) is 34.6 Å². The van der Waals surface area contributed by atoms with E-state index in [4.69, 9.17) is 0 Å². The Bertz CT molecular complexity index is 666. The van der Waals surface area contributed by atoms with Crippen molar-refractivity contribution in [3.05, 3.63) is 42.1 Å². The van der Waals surface area contributed by atoms with E-state index in [9.17, 15) is 9.59 Å². The fraction of sp³-hybridized carbons (Fsp3) is 0.312. The molecule has 6 heteroatoms. The number of amides is 2. The summed E-state index contributed by atoms with van der Waals surface area (Å²) >= 11 is 0. The van der Waals surface area contributed by atoms with Gasteiger partial charge in [0.15, 0.2) is 0 Å². The predicted molar refractivity (Wildman–Crippen MR) is 82.1 cm³/mol. The first-order valence-corrected chi connectivity index (χ1v) is 7.43. The zero-order valence-electron chi connectivity index (χ0n) is 12.1. The number of benzene rings is 1. The van der Waals surface area contributed by atoms with E-state index in [2.05, 4.69) is 20.8 Å². The maximum atomic E-state index is 12.3. The molecular weight excluding hydrogens is 280 g/mol. The molecule has 22 heavy (non-hydrogen) atoms. The molecule has 0 bridgehead atoms. The average molecular weight is 298 g/mol. The first-order chi connectivity index (χ1) is 10.7. The lowest BCUT2D eigenvalue weighted by Crippen LogP contribution is -2.45. The fourth-order valence-electron chi connectivity index (χ4n) is 2.51. The van der Waals surface area contributed by atoms with Crippen LogP contribution in [0.3, 0.4) is 0 Å². The molecule has 3 rings (SSSR count). The summed E-state index contributed by atoms with van der Waals surface area (Å²) in [4.78, 5) is 24.1. The molecule has 2 aromatic rings. The minimum absolute atomic E-state index is 0.117. The summed E-state index contributed by atoms with van der Waals surface area (Å²) in [6, 6.07) is 10.8. The molecule has 2 heterocycles. The van der Waals surface area contributed by atoms with E-state index >= 15 is 0 Å². The number of hydrogen-bond donors (Lipinski definition) is 3. The maximum Gasteiger partial charge on any atom is 0.269 e. The zero-order valence-corrected chi connectivity index (χ0v) is 12.1. The van der Waals surface area contributed by atoms with Gasteiger partial charge in [-0.05, 0) is 25.3 Å². The molecule has 0 radical (unpaired) electrons. The van der Waals surface area contributed by atoms with Gasteiger partial charge in [-0.1, -0.05) is 30.3 Å². The molecule has 1 aliphatic rings. The van der Waals surface area contributed by atoms with Crippen molar-refractivity contribution in [3.63, 3.8) is 0 Å². The van der Waals surface area contributed by atoms with Crippen LogP contribution in [0.2, 0.25) is 0 Å². The van der Waals surface area contributed by atoms with Gasteiger partial charge in [0.05, 0.1) is 5.69 Å².